The summed E-state index contributed by atoms with van der Waals surface area (Å²) < 4.78 is 18.8. The standard InChI is InChI=1S/C15H18FNO4/c1-9-3-4-10(5-13(9)16)15(20)17-8-12(21-2)6-11(17)7-14(18)19/h3-5,11-12H,6-8H2,1-2H3,(H,18,19). The zero-order chi connectivity index (χ0) is 15.6. The minimum Gasteiger partial charge on any atom is -0.481 e. The number of aliphatic carboxylic acids is 1. The number of carboxylic acids is 1. The average Bonchev–Trinajstić information content (AvgIpc) is 2.83. The molecular formula is C15H18FNO4. The molecule has 21 heavy (non-hydrogen) atoms. The fourth-order valence-electron chi connectivity index (χ4n) is 2.58. The molecule has 114 valence electrons. The Balaban J connectivity index is 2.22. The molecule has 1 aliphatic rings. The number of carbonyl (C=O) groups excluding carboxylic acids is 1. The molecule has 1 fully saturated rings. The van der Waals surface area contributed by atoms with Crippen molar-refractivity contribution in [1.29, 1.82) is 0 Å². The van der Waals surface area contributed by atoms with Gasteiger partial charge < -0.3 is 14.7 Å². The second kappa shape index (κ2) is 6.22. The molecule has 2 atom stereocenters. The van der Waals surface area contributed by atoms with E-state index in [0.29, 0.717) is 18.5 Å². The lowest BCUT2D eigenvalue weighted by molar-refractivity contribution is -0.137. The maximum Gasteiger partial charge on any atom is 0.305 e. The maximum atomic E-state index is 13.6. The molecule has 1 saturated heterocycles. The number of rotatable bonds is 4. The van der Waals surface area contributed by atoms with Crippen molar-refractivity contribution in [2.24, 2.45) is 0 Å². The number of hydrogen-bond donors (Lipinski definition) is 1. The average molecular weight is 295 g/mol. The Morgan fingerprint density at radius 1 is 1.48 bits per heavy atom. The number of aryl methyl sites for hydroxylation is 1. The van der Waals surface area contributed by atoms with E-state index in [1.165, 1.54) is 18.1 Å². The maximum absolute atomic E-state index is 13.6. The van der Waals surface area contributed by atoms with Crippen LogP contribution in [0.4, 0.5) is 4.39 Å². The number of ether oxygens (including phenoxy) is 1. The number of carbonyl (C=O) groups is 2. The van der Waals surface area contributed by atoms with E-state index in [1.54, 1.807) is 19.1 Å². The van der Waals surface area contributed by atoms with Crippen molar-refractivity contribution in [2.45, 2.75) is 31.9 Å². The summed E-state index contributed by atoms with van der Waals surface area (Å²) in [5.74, 6) is -1.78. The van der Waals surface area contributed by atoms with Crippen LogP contribution in [0.25, 0.3) is 0 Å². The van der Waals surface area contributed by atoms with E-state index < -0.39 is 17.8 Å². The van der Waals surface area contributed by atoms with Crippen LogP contribution in [-0.2, 0) is 9.53 Å². The van der Waals surface area contributed by atoms with E-state index in [-0.39, 0.29) is 24.0 Å². The molecule has 0 radical (unpaired) electrons. The molecule has 1 heterocycles. The second-order valence-electron chi connectivity index (χ2n) is 5.27. The SMILES string of the molecule is COC1CC(CC(=O)O)N(C(=O)c2ccc(C)c(F)c2)C1. The van der Waals surface area contributed by atoms with Crippen LogP contribution in [0.3, 0.4) is 0 Å². The molecule has 6 heteroatoms. The zero-order valence-corrected chi connectivity index (χ0v) is 12.0. The number of halogens is 1. The predicted octanol–water partition coefficient (Wildman–Crippen LogP) is 1.84. The molecule has 1 aliphatic heterocycles. The summed E-state index contributed by atoms with van der Waals surface area (Å²) in [6, 6.07) is 3.86. The van der Waals surface area contributed by atoms with Crippen LogP contribution in [-0.4, -0.2) is 47.7 Å². The molecular weight excluding hydrogens is 277 g/mol. The van der Waals surface area contributed by atoms with Gasteiger partial charge in [-0.25, -0.2) is 4.39 Å². The third kappa shape index (κ3) is 3.39. The lowest BCUT2D eigenvalue weighted by Gasteiger charge is -2.23. The highest BCUT2D eigenvalue weighted by molar-refractivity contribution is 5.95. The van der Waals surface area contributed by atoms with Gasteiger partial charge in [0.1, 0.15) is 5.82 Å². The highest BCUT2D eigenvalue weighted by Crippen LogP contribution is 2.25. The number of nitrogens with zero attached hydrogens (tertiary/aromatic N) is 1. The van der Waals surface area contributed by atoms with Crippen LogP contribution >= 0.6 is 0 Å². The molecule has 0 aromatic heterocycles. The van der Waals surface area contributed by atoms with Crippen molar-refractivity contribution >= 4 is 11.9 Å². The van der Waals surface area contributed by atoms with Crippen molar-refractivity contribution in [1.82, 2.24) is 4.90 Å². The lowest BCUT2D eigenvalue weighted by Crippen LogP contribution is -2.37. The van der Waals surface area contributed by atoms with Gasteiger partial charge in [0.05, 0.1) is 12.5 Å². The fraction of sp³-hybridized carbons (Fsp3) is 0.467. The molecule has 1 N–H and O–H groups in total. The second-order valence-corrected chi connectivity index (χ2v) is 5.27. The molecule has 1 amide bonds. The van der Waals surface area contributed by atoms with E-state index in [1.807, 2.05) is 0 Å². The summed E-state index contributed by atoms with van der Waals surface area (Å²) in [5.41, 5.74) is 0.690. The Bertz CT molecular complexity index is 561. The lowest BCUT2D eigenvalue weighted by atomic mass is 10.1. The molecule has 2 unspecified atom stereocenters. The molecule has 0 spiro atoms. The largest absolute Gasteiger partial charge is 0.481 e. The summed E-state index contributed by atoms with van der Waals surface area (Å²) >= 11 is 0. The summed E-state index contributed by atoms with van der Waals surface area (Å²) in [6.07, 6.45) is 0.150. The molecule has 0 saturated carbocycles. The Morgan fingerprint density at radius 2 is 2.19 bits per heavy atom. The van der Waals surface area contributed by atoms with Crippen LogP contribution in [0.15, 0.2) is 18.2 Å². The number of hydrogen-bond acceptors (Lipinski definition) is 3. The van der Waals surface area contributed by atoms with E-state index >= 15 is 0 Å². The Hall–Kier alpha value is -1.95. The highest BCUT2D eigenvalue weighted by atomic mass is 19.1. The first-order valence-electron chi connectivity index (χ1n) is 6.74. The smallest absolute Gasteiger partial charge is 0.305 e. The summed E-state index contributed by atoms with van der Waals surface area (Å²) in [6.45, 7) is 1.94. The van der Waals surface area contributed by atoms with Gasteiger partial charge in [-0.3, -0.25) is 9.59 Å². The molecule has 1 aromatic carbocycles. The monoisotopic (exact) mass is 295 g/mol. The van der Waals surface area contributed by atoms with Gasteiger partial charge in [0.25, 0.3) is 5.91 Å². The first kappa shape index (κ1) is 15.4. The highest BCUT2D eigenvalue weighted by Gasteiger charge is 2.37. The van der Waals surface area contributed by atoms with Gasteiger partial charge in [-0.1, -0.05) is 6.07 Å². The Labute approximate surface area is 122 Å². The fourth-order valence-corrected chi connectivity index (χ4v) is 2.58. The van der Waals surface area contributed by atoms with Crippen LogP contribution in [0.5, 0.6) is 0 Å². The van der Waals surface area contributed by atoms with Crippen molar-refractivity contribution in [3.63, 3.8) is 0 Å². The van der Waals surface area contributed by atoms with Crippen LogP contribution in [0.1, 0.15) is 28.8 Å². The minimum atomic E-state index is -0.968. The van der Waals surface area contributed by atoms with Gasteiger partial charge in [0.15, 0.2) is 0 Å². The van der Waals surface area contributed by atoms with Gasteiger partial charge in [0.2, 0.25) is 0 Å². The van der Waals surface area contributed by atoms with Gasteiger partial charge in [-0.05, 0) is 31.0 Å². The number of methoxy groups -OCH3 is 1. The number of benzene rings is 1. The first-order valence-corrected chi connectivity index (χ1v) is 6.74. The predicted molar refractivity (Wildman–Crippen MR) is 73.6 cm³/mol. The van der Waals surface area contributed by atoms with Gasteiger partial charge in [-0.2, -0.15) is 0 Å². The van der Waals surface area contributed by atoms with Crippen LogP contribution in [0.2, 0.25) is 0 Å². The number of likely N-dealkylation sites (tertiary alicyclic amines) is 1. The Morgan fingerprint density at radius 3 is 2.76 bits per heavy atom. The van der Waals surface area contributed by atoms with E-state index in [9.17, 15) is 14.0 Å². The molecule has 2 rings (SSSR count). The quantitative estimate of drug-likeness (QED) is 0.920. The Kier molecular flexibility index (Phi) is 4.57. The van der Waals surface area contributed by atoms with Crippen molar-refractivity contribution in [3.05, 3.63) is 35.1 Å². The normalized spacial score (nSPS) is 21.6. The van der Waals surface area contributed by atoms with Crippen LogP contribution < -0.4 is 0 Å². The molecule has 0 bridgehead atoms. The van der Waals surface area contributed by atoms with Crippen molar-refractivity contribution in [2.75, 3.05) is 13.7 Å². The van der Waals surface area contributed by atoms with E-state index in [2.05, 4.69) is 0 Å². The molecule has 5 nitrogen and oxygen atoms in total. The van der Waals surface area contributed by atoms with E-state index in [4.69, 9.17) is 9.84 Å². The van der Waals surface area contributed by atoms with Gasteiger partial charge in [0, 0.05) is 25.3 Å². The number of carboxylic acid groups (broad SMARTS) is 1. The minimum absolute atomic E-state index is 0.139. The summed E-state index contributed by atoms with van der Waals surface area (Å²) in [5, 5.41) is 8.94. The molecule has 0 aliphatic carbocycles. The van der Waals surface area contributed by atoms with E-state index in [0.717, 1.165) is 0 Å². The molecule has 1 aromatic rings. The van der Waals surface area contributed by atoms with Gasteiger partial charge in [-0.15, -0.1) is 0 Å². The zero-order valence-electron chi connectivity index (χ0n) is 12.0. The van der Waals surface area contributed by atoms with Crippen LogP contribution in [0, 0.1) is 12.7 Å². The van der Waals surface area contributed by atoms with Gasteiger partial charge >= 0.3 is 5.97 Å². The first-order chi connectivity index (χ1) is 9.92. The third-order valence-corrected chi connectivity index (χ3v) is 3.80. The topological polar surface area (TPSA) is 66.8 Å². The van der Waals surface area contributed by atoms with Crippen molar-refractivity contribution < 1.29 is 23.8 Å². The third-order valence-electron chi connectivity index (χ3n) is 3.80. The number of amides is 1. The summed E-state index contributed by atoms with van der Waals surface area (Å²) in [4.78, 5) is 24.9. The summed E-state index contributed by atoms with van der Waals surface area (Å²) in [7, 11) is 1.53. The van der Waals surface area contributed by atoms with Crippen molar-refractivity contribution in [3.8, 4) is 0 Å².